The van der Waals surface area contributed by atoms with Crippen LogP contribution >= 0.6 is 0 Å². The van der Waals surface area contributed by atoms with Gasteiger partial charge >= 0.3 is 5.97 Å². The predicted octanol–water partition coefficient (Wildman–Crippen LogP) is 1.12. The van der Waals surface area contributed by atoms with Gasteiger partial charge < -0.3 is 10.1 Å². The van der Waals surface area contributed by atoms with Gasteiger partial charge in [-0.05, 0) is 40.3 Å². The van der Waals surface area contributed by atoms with Crippen molar-refractivity contribution in [2.75, 3.05) is 13.7 Å². The number of carbonyl (C=O) groups excluding carboxylic acids is 1. The minimum Gasteiger partial charge on any atom is -0.465 e. The first kappa shape index (κ1) is 13.7. The van der Waals surface area contributed by atoms with Gasteiger partial charge in [-0.3, -0.25) is 9.48 Å². The summed E-state index contributed by atoms with van der Waals surface area (Å²) >= 11 is 0. The highest BCUT2D eigenvalue weighted by Gasteiger charge is 2.32. The molecule has 1 aromatic rings. The number of rotatable bonds is 6. The molecule has 1 unspecified atom stereocenters. The Morgan fingerprint density at radius 3 is 2.82 bits per heavy atom. The fourth-order valence-corrected chi connectivity index (χ4v) is 1.55. The molecule has 0 aliphatic heterocycles. The summed E-state index contributed by atoms with van der Waals surface area (Å²) in [5, 5.41) is 7.31. The van der Waals surface area contributed by atoms with Crippen molar-refractivity contribution in [3.8, 4) is 0 Å². The molecule has 5 nitrogen and oxygen atoms in total. The summed E-state index contributed by atoms with van der Waals surface area (Å²) in [6.45, 7) is 6.69. The van der Waals surface area contributed by atoms with E-state index < -0.39 is 5.54 Å². The fourth-order valence-electron chi connectivity index (χ4n) is 1.55. The van der Waals surface area contributed by atoms with Crippen LogP contribution in [0.1, 0.15) is 26.0 Å². The third-order valence-electron chi connectivity index (χ3n) is 2.89. The molecule has 17 heavy (non-hydrogen) atoms. The summed E-state index contributed by atoms with van der Waals surface area (Å²) in [5.74, 6) is -0.216. The Labute approximate surface area is 102 Å². The SMILES string of the molecule is CCOC(=O)C(C)(CCn1ccc(C)n1)NC. The molecule has 0 spiro atoms. The number of hydrogen-bond acceptors (Lipinski definition) is 4. The molecule has 0 saturated carbocycles. The Kier molecular flexibility index (Phi) is 4.69. The third kappa shape index (κ3) is 3.56. The van der Waals surface area contributed by atoms with Gasteiger partial charge in [0.25, 0.3) is 0 Å². The summed E-state index contributed by atoms with van der Waals surface area (Å²) in [6, 6.07) is 1.95. The van der Waals surface area contributed by atoms with Crippen molar-refractivity contribution in [2.24, 2.45) is 0 Å². The second-order valence-corrected chi connectivity index (χ2v) is 4.27. The van der Waals surface area contributed by atoms with E-state index in [9.17, 15) is 4.79 Å². The van der Waals surface area contributed by atoms with E-state index in [1.54, 1.807) is 7.05 Å². The van der Waals surface area contributed by atoms with Crippen molar-refractivity contribution in [3.05, 3.63) is 18.0 Å². The molecule has 0 aliphatic rings. The Bertz CT molecular complexity index is 376. The molecule has 1 aromatic heterocycles. The Morgan fingerprint density at radius 1 is 1.65 bits per heavy atom. The van der Waals surface area contributed by atoms with E-state index in [0.717, 1.165) is 5.69 Å². The number of carbonyl (C=O) groups is 1. The first-order valence-electron chi connectivity index (χ1n) is 5.88. The molecule has 5 heteroatoms. The topological polar surface area (TPSA) is 56.2 Å². The lowest BCUT2D eigenvalue weighted by molar-refractivity contribution is -0.150. The first-order valence-corrected chi connectivity index (χ1v) is 5.88. The molecular weight excluding hydrogens is 218 g/mol. The highest BCUT2D eigenvalue weighted by atomic mass is 16.5. The van der Waals surface area contributed by atoms with Crippen LogP contribution in [0, 0.1) is 6.92 Å². The number of nitrogens with zero attached hydrogens (tertiary/aromatic N) is 2. The maximum absolute atomic E-state index is 11.8. The summed E-state index contributed by atoms with van der Waals surface area (Å²) in [4.78, 5) is 11.8. The lowest BCUT2D eigenvalue weighted by Crippen LogP contribution is -2.49. The Morgan fingerprint density at radius 2 is 2.35 bits per heavy atom. The van der Waals surface area contributed by atoms with Crippen molar-refractivity contribution in [1.82, 2.24) is 15.1 Å². The van der Waals surface area contributed by atoms with Crippen LogP contribution in [-0.4, -0.2) is 34.9 Å². The molecule has 96 valence electrons. The predicted molar refractivity (Wildman–Crippen MR) is 65.7 cm³/mol. The lowest BCUT2D eigenvalue weighted by atomic mass is 9.98. The van der Waals surface area contributed by atoms with Crippen LogP contribution in [0.5, 0.6) is 0 Å². The van der Waals surface area contributed by atoms with Gasteiger partial charge in [0.1, 0.15) is 5.54 Å². The van der Waals surface area contributed by atoms with Crippen molar-refractivity contribution in [1.29, 1.82) is 0 Å². The van der Waals surface area contributed by atoms with Gasteiger partial charge in [-0.2, -0.15) is 5.10 Å². The molecule has 1 N–H and O–H groups in total. The molecule has 0 amide bonds. The number of hydrogen-bond donors (Lipinski definition) is 1. The normalized spacial score (nSPS) is 14.4. The lowest BCUT2D eigenvalue weighted by Gasteiger charge is -2.26. The van der Waals surface area contributed by atoms with E-state index in [4.69, 9.17) is 4.74 Å². The second kappa shape index (κ2) is 5.82. The van der Waals surface area contributed by atoms with Crippen molar-refractivity contribution in [3.63, 3.8) is 0 Å². The van der Waals surface area contributed by atoms with Gasteiger partial charge in [-0.1, -0.05) is 0 Å². The molecule has 1 atom stereocenters. The monoisotopic (exact) mass is 239 g/mol. The fraction of sp³-hybridized carbons (Fsp3) is 0.667. The van der Waals surface area contributed by atoms with Gasteiger partial charge in [-0.15, -0.1) is 0 Å². The quantitative estimate of drug-likeness (QED) is 0.756. The highest BCUT2D eigenvalue weighted by Crippen LogP contribution is 2.13. The summed E-state index contributed by atoms with van der Waals surface area (Å²) in [7, 11) is 1.77. The number of nitrogens with one attached hydrogen (secondary N) is 1. The smallest absolute Gasteiger partial charge is 0.326 e. The standard InChI is InChI=1S/C12H21N3O2/c1-5-17-11(16)12(3,13-4)7-9-15-8-6-10(2)14-15/h6,8,13H,5,7,9H2,1-4H3. The molecule has 0 aliphatic carbocycles. The van der Waals surface area contributed by atoms with Crippen LogP contribution in [-0.2, 0) is 16.1 Å². The molecule has 0 radical (unpaired) electrons. The van der Waals surface area contributed by atoms with E-state index in [-0.39, 0.29) is 5.97 Å². The van der Waals surface area contributed by atoms with Crippen molar-refractivity contribution < 1.29 is 9.53 Å². The summed E-state index contributed by atoms with van der Waals surface area (Å²) in [6.07, 6.45) is 2.56. The zero-order valence-corrected chi connectivity index (χ0v) is 11.0. The zero-order chi connectivity index (χ0) is 12.9. The van der Waals surface area contributed by atoms with E-state index in [2.05, 4.69) is 10.4 Å². The average molecular weight is 239 g/mol. The van der Waals surface area contributed by atoms with Crippen LogP contribution in [0.15, 0.2) is 12.3 Å². The maximum Gasteiger partial charge on any atom is 0.326 e. The number of likely N-dealkylation sites (N-methyl/N-ethyl adjacent to an activating group) is 1. The highest BCUT2D eigenvalue weighted by molar-refractivity contribution is 5.80. The van der Waals surface area contributed by atoms with Crippen LogP contribution in [0.3, 0.4) is 0 Å². The zero-order valence-electron chi connectivity index (χ0n) is 11.0. The minimum absolute atomic E-state index is 0.216. The second-order valence-electron chi connectivity index (χ2n) is 4.27. The largest absolute Gasteiger partial charge is 0.465 e. The van der Waals surface area contributed by atoms with Crippen molar-refractivity contribution >= 4 is 5.97 Å². The average Bonchev–Trinajstić information content (AvgIpc) is 2.72. The number of aromatic nitrogens is 2. The molecule has 0 aromatic carbocycles. The molecule has 0 bridgehead atoms. The number of aryl methyl sites for hydroxylation is 2. The number of esters is 1. The Balaban J connectivity index is 2.59. The summed E-state index contributed by atoms with van der Waals surface area (Å²) in [5.41, 5.74) is 0.322. The molecule has 1 heterocycles. The number of ether oxygens (including phenoxy) is 1. The van der Waals surface area contributed by atoms with Crippen LogP contribution in [0.25, 0.3) is 0 Å². The van der Waals surface area contributed by atoms with Crippen LogP contribution < -0.4 is 5.32 Å². The molecule has 0 saturated heterocycles. The molecular formula is C12H21N3O2. The van der Waals surface area contributed by atoms with E-state index in [1.165, 1.54) is 0 Å². The Hall–Kier alpha value is -1.36. The molecule has 0 fully saturated rings. The first-order chi connectivity index (χ1) is 8.01. The van der Waals surface area contributed by atoms with Crippen LogP contribution in [0.2, 0.25) is 0 Å². The minimum atomic E-state index is -0.657. The van der Waals surface area contributed by atoms with Gasteiger partial charge in [0.15, 0.2) is 0 Å². The molecule has 1 rings (SSSR count). The summed E-state index contributed by atoms with van der Waals surface area (Å²) < 4.78 is 6.90. The van der Waals surface area contributed by atoms with Gasteiger partial charge in [0.2, 0.25) is 0 Å². The van der Waals surface area contributed by atoms with E-state index in [0.29, 0.717) is 19.6 Å². The third-order valence-corrected chi connectivity index (χ3v) is 2.89. The van der Waals surface area contributed by atoms with Gasteiger partial charge in [0, 0.05) is 12.7 Å². The van der Waals surface area contributed by atoms with E-state index >= 15 is 0 Å². The van der Waals surface area contributed by atoms with E-state index in [1.807, 2.05) is 37.7 Å². The van der Waals surface area contributed by atoms with Crippen molar-refractivity contribution in [2.45, 2.75) is 39.3 Å². The van der Waals surface area contributed by atoms with Crippen LogP contribution in [0.4, 0.5) is 0 Å². The van der Waals surface area contributed by atoms with Gasteiger partial charge in [-0.25, -0.2) is 0 Å². The maximum atomic E-state index is 11.8. The van der Waals surface area contributed by atoms with Gasteiger partial charge in [0.05, 0.1) is 12.3 Å².